The summed E-state index contributed by atoms with van der Waals surface area (Å²) < 4.78 is 36.6. The largest absolute Gasteiger partial charge is 0.416 e. The van der Waals surface area contributed by atoms with Crippen LogP contribution in [-0.2, 0) is 12.6 Å². The molecule has 0 aliphatic heterocycles. The van der Waals surface area contributed by atoms with E-state index >= 15 is 0 Å². The van der Waals surface area contributed by atoms with Gasteiger partial charge in [-0.3, -0.25) is 0 Å². The summed E-state index contributed by atoms with van der Waals surface area (Å²) in [4.78, 5) is 0. The van der Waals surface area contributed by atoms with E-state index in [0.29, 0.717) is 0 Å². The van der Waals surface area contributed by atoms with E-state index in [-0.39, 0.29) is 0 Å². The molecule has 0 aliphatic carbocycles. The molecule has 1 nitrogen and oxygen atoms in total. The van der Waals surface area contributed by atoms with Crippen LogP contribution in [0.3, 0.4) is 0 Å². The summed E-state index contributed by atoms with van der Waals surface area (Å²) in [5.41, 5.74) is 0.359. The van der Waals surface area contributed by atoms with Crippen molar-refractivity contribution in [2.45, 2.75) is 19.0 Å². The predicted octanol–water partition coefficient (Wildman–Crippen LogP) is 2.86. The maximum absolute atomic E-state index is 12.2. The zero-order valence-electron chi connectivity index (χ0n) is 8.56. The fourth-order valence-corrected chi connectivity index (χ4v) is 1.33. The van der Waals surface area contributed by atoms with Crippen molar-refractivity contribution in [1.29, 1.82) is 0 Å². The molecule has 0 radical (unpaired) electrons. The van der Waals surface area contributed by atoms with Crippen LogP contribution in [0.4, 0.5) is 13.2 Å². The first-order valence-electron chi connectivity index (χ1n) is 4.85. The van der Waals surface area contributed by atoms with Gasteiger partial charge in [0.1, 0.15) is 0 Å². The highest BCUT2D eigenvalue weighted by Crippen LogP contribution is 2.29. The molecule has 0 aliphatic rings. The third-order valence-electron chi connectivity index (χ3n) is 2.17. The van der Waals surface area contributed by atoms with Crippen LogP contribution in [0.1, 0.15) is 17.5 Å². The van der Waals surface area contributed by atoms with Gasteiger partial charge in [-0.05, 0) is 44.1 Å². The van der Waals surface area contributed by atoms with E-state index in [0.717, 1.165) is 37.1 Å². The van der Waals surface area contributed by atoms with Crippen LogP contribution in [0.15, 0.2) is 24.3 Å². The van der Waals surface area contributed by atoms with Gasteiger partial charge in [-0.2, -0.15) is 13.2 Å². The molecule has 1 aromatic rings. The van der Waals surface area contributed by atoms with Gasteiger partial charge in [-0.1, -0.05) is 12.1 Å². The highest BCUT2D eigenvalue weighted by Gasteiger charge is 2.29. The standard InChI is InChI=1S/C11H14F3N/c1-15-8-2-3-9-4-6-10(7-5-9)11(12,13)14/h4-7,15H,2-3,8H2,1H3. The van der Waals surface area contributed by atoms with Crippen molar-refractivity contribution in [3.8, 4) is 0 Å². The number of nitrogens with one attached hydrogen (secondary N) is 1. The van der Waals surface area contributed by atoms with Crippen molar-refractivity contribution < 1.29 is 13.2 Å². The Kier molecular flexibility index (Phi) is 4.15. The maximum Gasteiger partial charge on any atom is 0.416 e. The lowest BCUT2D eigenvalue weighted by molar-refractivity contribution is -0.137. The molecule has 0 aromatic heterocycles. The van der Waals surface area contributed by atoms with Gasteiger partial charge in [0.15, 0.2) is 0 Å². The van der Waals surface area contributed by atoms with Crippen LogP contribution in [-0.4, -0.2) is 13.6 Å². The normalized spacial score (nSPS) is 11.7. The summed E-state index contributed by atoms with van der Waals surface area (Å²) in [6.45, 7) is 0.876. The molecule has 84 valence electrons. The second kappa shape index (κ2) is 5.16. The Balaban J connectivity index is 2.57. The Morgan fingerprint density at radius 1 is 1.13 bits per heavy atom. The van der Waals surface area contributed by atoms with E-state index in [9.17, 15) is 13.2 Å². The molecule has 0 saturated heterocycles. The fourth-order valence-electron chi connectivity index (χ4n) is 1.33. The lowest BCUT2D eigenvalue weighted by atomic mass is 10.1. The third kappa shape index (κ3) is 3.91. The first kappa shape index (κ1) is 12.0. The van der Waals surface area contributed by atoms with E-state index in [2.05, 4.69) is 5.32 Å². The summed E-state index contributed by atoms with van der Waals surface area (Å²) in [7, 11) is 1.85. The van der Waals surface area contributed by atoms with Crippen molar-refractivity contribution in [2.24, 2.45) is 0 Å². The molecule has 1 N–H and O–H groups in total. The molecule has 0 heterocycles. The molecule has 15 heavy (non-hydrogen) atoms. The molecule has 0 unspecified atom stereocenters. The number of hydrogen-bond acceptors (Lipinski definition) is 1. The molecule has 0 amide bonds. The lowest BCUT2D eigenvalue weighted by Crippen LogP contribution is -2.08. The molecule has 4 heteroatoms. The van der Waals surface area contributed by atoms with Gasteiger partial charge in [0.2, 0.25) is 0 Å². The van der Waals surface area contributed by atoms with E-state index in [1.807, 2.05) is 7.05 Å². The molecule has 0 atom stereocenters. The quantitative estimate of drug-likeness (QED) is 0.765. The van der Waals surface area contributed by atoms with Crippen LogP contribution in [0.5, 0.6) is 0 Å². The van der Waals surface area contributed by atoms with Gasteiger partial charge in [0, 0.05) is 0 Å². The maximum atomic E-state index is 12.2. The van der Waals surface area contributed by atoms with Gasteiger partial charge in [0.05, 0.1) is 5.56 Å². The van der Waals surface area contributed by atoms with Gasteiger partial charge in [-0.25, -0.2) is 0 Å². The third-order valence-corrected chi connectivity index (χ3v) is 2.17. The summed E-state index contributed by atoms with van der Waals surface area (Å²) in [6.07, 6.45) is -2.50. The van der Waals surface area contributed by atoms with E-state index in [1.165, 1.54) is 0 Å². The summed E-state index contributed by atoms with van der Waals surface area (Å²) in [6, 6.07) is 5.35. The average Bonchev–Trinajstić information content (AvgIpc) is 2.18. The molecule has 1 aromatic carbocycles. The lowest BCUT2D eigenvalue weighted by Gasteiger charge is -2.07. The molecule has 0 spiro atoms. The Morgan fingerprint density at radius 3 is 2.20 bits per heavy atom. The van der Waals surface area contributed by atoms with Crippen molar-refractivity contribution in [3.05, 3.63) is 35.4 Å². The molecular weight excluding hydrogens is 203 g/mol. The highest BCUT2D eigenvalue weighted by atomic mass is 19.4. The molecule has 0 saturated carbocycles. The fraction of sp³-hybridized carbons (Fsp3) is 0.455. The van der Waals surface area contributed by atoms with Crippen molar-refractivity contribution in [3.63, 3.8) is 0 Å². The first-order valence-corrected chi connectivity index (χ1v) is 4.85. The van der Waals surface area contributed by atoms with Crippen LogP contribution in [0, 0.1) is 0 Å². The number of benzene rings is 1. The van der Waals surface area contributed by atoms with E-state index in [4.69, 9.17) is 0 Å². The number of halogens is 3. The number of rotatable bonds is 4. The van der Waals surface area contributed by atoms with E-state index in [1.54, 1.807) is 12.1 Å². The summed E-state index contributed by atoms with van der Waals surface area (Å²) in [5, 5.41) is 2.99. The van der Waals surface area contributed by atoms with Crippen LogP contribution >= 0.6 is 0 Å². The Morgan fingerprint density at radius 2 is 1.73 bits per heavy atom. The number of aryl methyl sites for hydroxylation is 1. The minimum Gasteiger partial charge on any atom is -0.320 e. The van der Waals surface area contributed by atoms with Crippen LogP contribution in [0.25, 0.3) is 0 Å². The SMILES string of the molecule is CNCCCc1ccc(C(F)(F)F)cc1. The predicted molar refractivity (Wildman–Crippen MR) is 53.7 cm³/mol. The van der Waals surface area contributed by atoms with Gasteiger partial charge < -0.3 is 5.32 Å². The minimum absolute atomic E-state index is 0.583. The van der Waals surface area contributed by atoms with E-state index < -0.39 is 11.7 Å². The average molecular weight is 217 g/mol. The molecule has 1 rings (SSSR count). The summed E-state index contributed by atoms with van der Waals surface area (Å²) in [5.74, 6) is 0. The second-order valence-electron chi connectivity index (χ2n) is 3.40. The van der Waals surface area contributed by atoms with Crippen molar-refractivity contribution >= 4 is 0 Å². The van der Waals surface area contributed by atoms with Gasteiger partial charge in [0.25, 0.3) is 0 Å². The van der Waals surface area contributed by atoms with Crippen LogP contribution < -0.4 is 5.32 Å². The molecule has 0 fully saturated rings. The first-order chi connectivity index (χ1) is 7.04. The van der Waals surface area contributed by atoms with Crippen molar-refractivity contribution in [1.82, 2.24) is 5.32 Å². The monoisotopic (exact) mass is 217 g/mol. The van der Waals surface area contributed by atoms with Crippen molar-refractivity contribution in [2.75, 3.05) is 13.6 Å². The zero-order chi connectivity index (χ0) is 11.3. The molecular formula is C11H14F3N. The van der Waals surface area contributed by atoms with Gasteiger partial charge in [-0.15, -0.1) is 0 Å². The highest BCUT2D eigenvalue weighted by molar-refractivity contribution is 5.24. The number of hydrogen-bond donors (Lipinski definition) is 1. The Bertz CT molecular complexity index is 290. The Labute approximate surface area is 87.3 Å². The topological polar surface area (TPSA) is 12.0 Å². The number of alkyl halides is 3. The minimum atomic E-state index is -4.23. The zero-order valence-corrected chi connectivity index (χ0v) is 8.56. The summed E-state index contributed by atoms with van der Waals surface area (Å²) >= 11 is 0. The Hall–Kier alpha value is -1.03. The smallest absolute Gasteiger partial charge is 0.320 e. The molecule has 0 bridgehead atoms. The second-order valence-corrected chi connectivity index (χ2v) is 3.40. The van der Waals surface area contributed by atoms with Gasteiger partial charge >= 0.3 is 6.18 Å². The van der Waals surface area contributed by atoms with Crippen LogP contribution in [0.2, 0.25) is 0 Å².